The summed E-state index contributed by atoms with van der Waals surface area (Å²) in [4.78, 5) is 25.0. The van der Waals surface area contributed by atoms with Gasteiger partial charge in [0.2, 0.25) is 0 Å². The maximum atomic E-state index is 12.1. The number of hydrogen-bond acceptors (Lipinski definition) is 7. The van der Waals surface area contributed by atoms with E-state index >= 15 is 0 Å². The van der Waals surface area contributed by atoms with E-state index in [0.29, 0.717) is 12.2 Å². The van der Waals surface area contributed by atoms with Gasteiger partial charge in [0.25, 0.3) is 11.6 Å². The number of hydrazone groups is 1. The molecule has 2 aromatic carbocycles. The molecule has 9 nitrogen and oxygen atoms in total. The van der Waals surface area contributed by atoms with E-state index in [9.17, 15) is 14.9 Å². The third-order valence-electron chi connectivity index (χ3n) is 4.74. The Morgan fingerprint density at radius 2 is 1.94 bits per heavy atom. The number of rotatable bonds is 13. The van der Waals surface area contributed by atoms with Crippen molar-refractivity contribution in [1.82, 2.24) is 5.43 Å². The number of ether oxygens (including phenoxy) is 1. The number of carbonyl (C=O) groups excluding carboxylic acids is 1. The zero-order valence-electron chi connectivity index (χ0n) is 18.8. The predicted molar refractivity (Wildman–Crippen MR) is 128 cm³/mol. The molecule has 1 amide bonds. The van der Waals surface area contributed by atoms with E-state index < -0.39 is 4.92 Å². The molecule has 9 heteroatoms. The predicted octanol–water partition coefficient (Wildman–Crippen LogP) is 4.18. The lowest BCUT2D eigenvalue weighted by molar-refractivity contribution is -0.384. The number of nitrogens with one attached hydrogen (secondary N) is 2. The maximum absolute atomic E-state index is 12.1. The summed E-state index contributed by atoms with van der Waals surface area (Å²) in [6, 6.07) is 12.0. The Morgan fingerprint density at radius 3 is 2.56 bits per heavy atom. The first-order chi connectivity index (χ1) is 15.5. The van der Waals surface area contributed by atoms with Crippen molar-refractivity contribution in [3.8, 4) is 5.75 Å². The molecule has 0 fully saturated rings. The Morgan fingerprint density at radius 1 is 1.19 bits per heavy atom. The highest BCUT2D eigenvalue weighted by atomic mass is 16.6. The molecule has 0 radical (unpaired) electrons. The second kappa shape index (κ2) is 12.9. The Balaban J connectivity index is 2.02. The van der Waals surface area contributed by atoms with E-state index in [4.69, 9.17) is 4.74 Å². The molecule has 0 unspecified atom stereocenters. The summed E-state index contributed by atoms with van der Waals surface area (Å²) < 4.78 is 5.39. The summed E-state index contributed by atoms with van der Waals surface area (Å²) in [5.41, 5.74) is 4.65. The Hall–Kier alpha value is -3.62. The molecule has 2 aromatic rings. The van der Waals surface area contributed by atoms with Crippen molar-refractivity contribution in [2.24, 2.45) is 5.10 Å². The third kappa shape index (κ3) is 7.57. The van der Waals surface area contributed by atoms with Crippen LogP contribution < -0.4 is 20.4 Å². The lowest BCUT2D eigenvalue weighted by Gasteiger charge is -2.24. The zero-order chi connectivity index (χ0) is 23.3. The number of hydrogen-bond donors (Lipinski definition) is 2. The van der Waals surface area contributed by atoms with Crippen LogP contribution in [0.15, 0.2) is 47.6 Å². The van der Waals surface area contributed by atoms with E-state index in [-0.39, 0.29) is 18.1 Å². The minimum absolute atomic E-state index is 0.0229. The number of carbonyl (C=O) groups is 1. The number of benzene rings is 2. The molecule has 0 atom stereocenters. The monoisotopic (exact) mass is 441 g/mol. The van der Waals surface area contributed by atoms with Crippen LogP contribution in [-0.4, -0.2) is 43.3 Å². The van der Waals surface area contributed by atoms with Crippen LogP contribution in [0, 0.1) is 10.1 Å². The number of non-ortho nitro benzene ring substituents is 1. The zero-order valence-corrected chi connectivity index (χ0v) is 18.8. The van der Waals surface area contributed by atoms with E-state index in [1.807, 2.05) is 38.1 Å². The number of unbranched alkanes of at least 4 members (excludes halogenated alkanes) is 1. The van der Waals surface area contributed by atoms with Gasteiger partial charge in [-0.15, -0.1) is 0 Å². The number of nitro benzene ring substituents is 1. The lowest BCUT2D eigenvalue weighted by atomic mass is 10.1. The van der Waals surface area contributed by atoms with Gasteiger partial charge < -0.3 is 15.0 Å². The molecular formula is C23H31N5O4. The van der Waals surface area contributed by atoms with Crippen molar-refractivity contribution in [3.63, 3.8) is 0 Å². The average molecular weight is 442 g/mol. The molecule has 0 aliphatic heterocycles. The third-order valence-corrected chi connectivity index (χ3v) is 4.74. The summed E-state index contributed by atoms with van der Waals surface area (Å²) in [5.74, 6) is 0.431. The first-order valence-electron chi connectivity index (χ1n) is 10.8. The van der Waals surface area contributed by atoms with Crippen LogP contribution in [-0.2, 0) is 4.79 Å². The minimum Gasteiger partial charge on any atom is -0.494 e. The van der Waals surface area contributed by atoms with Crippen molar-refractivity contribution in [1.29, 1.82) is 0 Å². The fraction of sp³-hybridized carbons (Fsp3) is 0.391. The van der Waals surface area contributed by atoms with Gasteiger partial charge in [-0.1, -0.05) is 13.3 Å². The summed E-state index contributed by atoms with van der Waals surface area (Å²) in [7, 11) is 0. The maximum Gasteiger partial charge on any atom is 0.270 e. The van der Waals surface area contributed by atoms with Gasteiger partial charge in [-0.2, -0.15) is 5.10 Å². The van der Waals surface area contributed by atoms with Gasteiger partial charge in [-0.05, 0) is 50.6 Å². The number of anilines is 2. The van der Waals surface area contributed by atoms with Crippen molar-refractivity contribution >= 4 is 29.2 Å². The standard InChI is InChI=1S/C23H31N5O4/c1-4-7-14-27(5-2)22-13-10-20(28(30)31)15-18(22)16-25-26-23(29)17-24-19-8-11-21(12-9-19)32-6-3/h8-13,15-16,24H,4-7,14,17H2,1-3H3,(H,26,29)/b25-16-. The van der Waals surface area contributed by atoms with E-state index in [0.717, 1.165) is 43.1 Å². The first kappa shape index (κ1) is 24.6. The smallest absolute Gasteiger partial charge is 0.270 e. The number of nitro groups is 1. The molecular weight excluding hydrogens is 410 g/mol. The molecule has 0 spiro atoms. The average Bonchev–Trinajstić information content (AvgIpc) is 2.79. The normalized spacial score (nSPS) is 10.7. The van der Waals surface area contributed by atoms with Gasteiger partial charge in [-0.3, -0.25) is 14.9 Å². The summed E-state index contributed by atoms with van der Waals surface area (Å²) in [6.07, 6.45) is 3.51. The molecule has 0 aliphatic rings. The van der Waals surface area contributed by atoms with Crippen molar-refractivity contribution < 1.29 is 14.5 Å². The Bertz CT molecular complexity index is 915. The quantitative estimate of drug-likeness (QED) is 0.274. The second-order valence-corrected chi connectivity index (χ2v) is 7.04. The van der Waals surface area contributed by atoms with Crippen LogP contribution in [0.3, 0.4) is 0 Å². The highest BCUT2D eigenvalue weighted by molar-refractivity contribution is 5.90. The van der Waals surface area contributed by atoms with Crippen molar-refractivity contribution in [2.45, 2.75) is 33.6 Å². The van der Waals surface area contributed by atoms with Crippen molar-refractivity contribution in [2.75, 3.05) is 36.5 Å². The van der Waals surface area contributed by atoms with E-state index in [2.05, 4.69) is 27.7 Å². The van der Waals surface area contributed by atoms with Crippen molar-refractivity contribution in [3.05, 3.63) is 58.1 Å². The number of nitrogens with zero attached hydrogens (tertiary/aromatic N) is 3. The lowest BCUT2D eigenvalue weighted by Crippen LogP contribution is -2.26. The van der Waals surface area contributed by atoms with E-state index in [1.54, 1.807) is 6.07 Å². The molecule has 0 bridgehead atoms. The molecule has 0 heterocycles. The van der Waals surface area contributed by atoms with Gasteiger partial charge in [-0.25, -0.2) is 5.43 Å². The van der Waals surface area contributed by atoms with Crippen LogP contribution in [0.25, 0.3) is 0 Å². The summed E-state index contributed by atoms with van der Waals surface area (Å²) in [5, 5.41) is 18.2. The molecule has 0 saturated carbocycles. The van der Waals surface area contributed by atoms with Gasteiger partial charge in [0, 0.05) is 42.2 Å². The SMILES string of the molecule is CCCCN(CC)c1ccc([N+](=O)[O-])cc1/C=N\NC(=O)CNc1ccc(OCC)cc1. The van der Waals surface area contributed by atoms with Crippen LogP contribution >= 0.6 is 0 Å². The summed E-state index contributed by atoms with van der Waals surface area (Å²) in [6.45, 7) is 8.29. The van der Waals surface area contributed by atoms with E-state index in [1.165, 1.54) is 18.3 Å². The molecule has 0 aliphatic carbocycles. The van der Waals surface area contributed by atoms with Crippen LogP contribution in [0.2, 0.25) is 0 Å². The topological polar surface area (TPSA) is 109 Å². The fourth-order valence-electron chi connectivity index (χ4n) is 3.08. The molecule has 2 N–H and O–H groups in total. The van der Waals surface area contributed by atoms with Gasteiger partial charge in [0.1, 0.15) is 5.75 Å². The molecule has 2 rings (SSSR count). The fourth-order valence-corrected chi connectivity index (χ4v) is 3.08. The van der Waals surface area contributed by atoms with Crippen LogP contribution in [0.5, 0.6) is 5.75 Å². The van der Waals surface area contributed by atoms with Gasteiger partial charge >= 0.3 is 0 Å². The first-order valence-corrected chi connectivity index (χ1v) is 10.8. The molecule has 0 saturated heterocycles. The van der Waals surface area contributed by atoms with Crippen LogP contribution in [0.4, 0.5) is 17.1 Å². The van der Waals surface area contributed by atoms with Gasteiger partial charge in [0.15, 0.2) is 0 Å². The molecule has 0 aromatic heterocycles. The molecule has 172 valence electrons. The van der Waals surface area contributed by atoms with Gasteiger partial charge in [0.05, 0.1) is 24.3 Å². The highest BCUT2D eigenvalue weighted by Crippen LogP contribution is 2.24. The highest BCUT2D eigenvalue weighted by Gasteiger charge is 2.14. The number of amides is 1. The second-order valence-electron chi connectivity index (χ2n) is 7.04. The minimum atomic E-state index is -0.442. The Labute approximate surface area is 188 Å². The Kier molecular flexibility index (Phi) is 9.96. The largest absolute Gasteiger partial charge is 0.494 e. The molecule has 32 heavy (non-hydrogen) atoms. The summed E-state index contributed by atoms with van der Waals surface area (Å²) >= 11 is 0. The van der Waals surface area contributed by atoms with Crippen LogP contribution in [0.1, 0.15) is 39.2 Å².